The second-order valence-electron chi connectivity index (χ2n) is 4.86. The lowest BCUT2D eigenvalue weighted by molar-refractivity contribution is -0.149. The van der Waals surface area contributed by atoms with Gasteiger partial charge in [0.1, 0.15) is 0 Å². The summed E-state index contributed by atoms with van der Waals surface area (Å²) in [6.45, 7) is 4.81. The van der Waals surface area contributed by atoms with E-state index in [4.69, 9.17) is 9.47 Å². The lowest BCUT2D eigenvalue weighted by atomic mass is 9.93. The molecular formula is C14H21NO3. The fourth-order valence-electron chi connectivity index (χ4n) is 1.61. The fraction of sp³-hybridized carbons (Fsp3) is 0.500. The molecule has 0 spiro atoms. The maximum Gasteiger partial charge on any atom is 0.313 e. The molecular weight excluding hydrogens is 230 g/mol. The van der Waals surface area contributed by atoms with Gasteiger partial charge in [-0.25, -0.2) is 0 Å². The number of carbonyl (C=O) groups is 1. The van der Waals surface area contributed by atoms with Crippen LogP contribution >= 0.6 is 0 Å². The van der Waals surface area contributed by atoms with Crippen LogP contribution in [0.4, 0.5) is 5.69 Å². The Morgan fingerprint density at radius 3 is 2.67 bits per heavy atom. The number of hydrogen-bond donors (Lipinski definition) is 1. The zero-order chi connectivity index (χ0) is 13.6. The highest BCUT2D eigenvalue weighted by molar-refractivity contribution is 5.76. The maximum atomic E-state index is 11.5. The number of carbonyl (C=O) groups excluding carboxylic acids is 1. The van der Waals surface area contributed by atoms with Crippen LogP contribution in [0.15, 0.2) is 24.3 Å². The van der Waals surface area contributed by atoms with E-state index in [1.165, 1.54) is 7.11 Å². The van der Waals surface area contributed by atoms with Crippen molar-refractivity contribution in [2.45, 2.75) is 20.5 Å². The lowest BCUT2D eigenvalue weighted by Crippen LogP contribution is -2.33. The van der Waals surface area contributed by atoms with Crippen LogP contribution in [-0.4, -0.2) is 26.7 Å². The van der Waals surface area contributed by atoms with Gasteiger partial charge in [0, 0.05) is 19.3 Å². The highest BCUT2D eigenvalue weighted by Crippen LogP contribution is 2.19. The van der Waals surface area contributed by atoms with E-state index in [1.54, 1.807) is 7.11 Å². The Hall–Kier alpha value is -1.55. The van der Waals surface area contributed by atoms with Crippen molar-refractivity contribution in [3.63, 3.8) is 0 Å². The van der Waals surface area contributed by atoms with Crippen molar-refractivity contribution >= 4 is 11.7 Å². The molecule has 18 heavy (non-hydrogen) atoms. The fourth-order valence-corrected chi connectivity index (χ4v) is 1.61. The van der Waals surface area contributed by atoms with Gasteiger partial charge in [-0.2, -0.15) is 0 Å². The summed E-state index contributed by atoms with van der Waals surface area (Å²) in [6.07, 6.45) is 0. The Bertz CT molecular complexity index is 402. The van der Waals surface area contributed by atoms with Crippen molar-refractivity contribution in [3.8, 4) is 0 Å². The van der Waals surface area contributed by atoms with Crippen molar-refractivity contribution in [2.75, 3.05) is 26.1 Å². The number of methoxy groups -OCH3 is 2. The number of benzene rings is 1. The molecule has 1 aromatic carbocycles. The number of rotatable bonds is 6. The molecule has 0 aliphatic rings. The molecule has 0 heterocycles. The van der Waals surface area contributed by atoms with Gasteiger partial charge in [-0.05, 0) is 31.5 Å². The minimum Gasteiger partial charge on any atom is -0.469 e. The molecule has 0 aliphatic carbocycles. The van der Waals surface area contributed by atoms with Crippen LogP contribution in [0.3, 0.4) is 0 Å². The molecule has 0 aromatic heterocycles. The lowest BCUT2D eigenvalue weighted by Gasteiger charge is -2.22. The van der Waals surface area contributed by atoms with Gasteiger partial charge >= 0.3 is 5.97 Å². The molecule has 0 radical (unpaired) electrons. The third kappa shape index (κ3) is 4.04. The molecule has 0 unspecified atom stereocenters. The van der Waals surface area contributed by atoms with E-state index < -0.39 is 5.41 Å². The number of hydrogen-bond acceptors (Lipinski definition) is 4. The molecule has 4 nitrogen and oxygen atoms in total. The minimum absolute atomic E-state index is 0.219. The SMILES string of the molecule is COCc1cccc(NCC(C)(C)C(=O)OC)c1. The Labute approximate surface area is 108 Å². The topological polar surface area (TPSA) is 47.6 Å². The van der Waals surface area contributed by atoms with E-state index in [9.17, 15) is 4.79 Å². The third-order valence-corrected chi connectivity index (χ3v) is 2.71. The molecule has 0 aliphatic heterocycles. The van der Waals surface area contributed by atoms with E-state index in [2.05, 4.69) is 5.32 Å². The van der Waals surface area contributed by atoms with E-state index in [0.717, 1.165) is 11.3 Å². The summed E-state index contributed by atoms with van der Waals surface area (Å²) in [5.41, 5.74) is 1.52. The smallest absolute Gasteiger partial charge is 0.313 e. The normalized spacial score (nSPS) is 11.1. The van der Waals surface area contributed by atoms with Crippen LogP contribution in [0.2, 0.25) is 0 Å². The van der Waals surface area contributed by atoms with E-state index in [1.807, 2.05) is 38.1 Å². The minimum atomic E-state index is -0.550. The summed E-state index contributed by atoms with van der Waals surface area (Å²) in [5.74, 6) is -0.219. The maximum absolute atomic E-state index is 11.5. The summed E-state index contributed by atoms with van der Waals surface area (Å²) in [4.78, 5) is 11.5. The van der Waals surface area contributed by atoms with Crippen LogP contribution < -0.4 is 5.32 Å². The van der Waals surface area contributed by atoms with Gasteiger partial charge in [0.05, 0.1) is 19.1 Å². The first-order valence-corrected chi connectivity index (χ1v) is 5.90. The predicted molar refractivity (Wildman–Crippen MR) is 71.4 cm³/mol. The van der Waals surface area contributed by atoms with E-state index >= 15 is 0 Å². The standard InChI is InChI=1S/C14H21NO3/c1-14(2,13(16)18-4)10-15-12-7-5-6-11(8-12)9-17-3/h5-8,15H,9-10H2,1-4H3. The molecule has 1 rings (SSSR count). The average Bonchev–Trinajstić information content (AvgIpc) is 2.36. The summed E-state index contributed by atoms with van der Waals surface area (Å²) in [5, 5.41) is 3.24. The second kappa shape index (κ2) is 6.40. The molecule has 0 saturated heterocycles. The summed E-state index contributed by atoms with van der Waals surface area (Å²) < 4.78 is 9.85. The number of anilines is 1. The Morgan fingerprint density at radius 1 is 1.33 bits per heavy atom. The molecule has 1 N–H and O–H groups in total. The van der Waals surface area contributed by atoms with Gasteiger partial charge < -0.3 is 14.8 Å². The Balaban J connectivity index is 2.63. The molecule has 0 bridgehead atoms. The van der Waals surface area contributed by atoms with Crippen molar-refractivity contribution in [2.24, 2.45) is 5.41 Å². The highest BCUT2D eigenvalue weighted by Gasteiger charge is 2.28. The second-order valence-corrected chi connectivity index (χ2v) is 4.86. The van der Waals surface area contributed by atoms with Gasteiger partial charge in [0.25, 0.3) is 0 Å². The van der Waals surface area contributed by atoms with Crippen molar-refractivity contribution in [1.29, 1.82) is 0 Å². The van der Waals surface area contributed by atoms with Gasteiger partial charge in [-0.1, -0.05) is 12.1 Å². The van der Waals surface area contributed by atoms with Crippen molar-refractivity contribution in [3.05, 3.63) is 29.8 Å². The molecule has 1 aromatic rings. The van der Waals surface area contributed by atoms with Crippen LogP contribution in [-0.2, 0) is 20.9 Å². The first-order valence-electron chi connectivity index (χ1n) is 5.90. The number of ether oxygens (including phenoxy) is 2. The van der Waals surface area contributed by atoms with Gasteiger partial charge in [0.2, 0.25) is 0 Å². The number of nitrogens with one attached hydrogen (secondary N) is 1. The van der Waals surface area contributed by atoms with Crippen LogP contribution in [0, 0.1) is 5.41 Å². The van der Waals surface area contributed by atoms with Gasteiger partial charge in [0.15, 0.2) is 0 Å². The molecule has 4 heteroatoms. The van der Waals surface area contributed by atoms with Crippen molar-refractivity contribution < 1.29 is 14.3 Å². The monoisotopic (exact) mass is 251 g/mol. The first kappa shape index (κ1) is 14.5. The average molecular weight is 251 g/mol. The quantitative estimate of drug-likeness (QED) is 0.789. The molecule has 100 valence electrons. The Kier molecular flexibility index (Phi) is 5.16. The van der Waals surface area contributed by atoms with Crippen LogP contribution in [0.25, 0.3) is 0 Å². The van der Waals surface area contributed by atoms with Gasteiger partial charge in [-0.15, -0.1) is 0 Å². The Morgan fingerprint density at radius 2 is 2.06 bits per heavy atom. The van der Waals surface area contributed by atoms with Gasteiger partial charge in [-0.3, -0.25) is 4.79 Å². The molecule has 0 atom stereocenters. The first-order chi connectivity index (χ1) is 8.49. The summed E-state index contributed by atoms with van der Waals surface area (Å²) in [7, 11) is 3.07. The van der Waals surface area contributed by atoms with Crippen LogP contribution in [0.1, 0.15) is 19.4 Å². The van der Waals surface area contributed by atoms with E-state index in [-0.39, 0.29) is 5.97 Å². The summed E-state index contributed by atoms with van der Waals surface area (Å²) >= 11 is 0. The molecule has 0 fully saturated rings. The summed E-state index contributed by atoms with van der Waals surface area (Å²) in [6, 6.07) is 7.94. The highest BCUT2D eigenvalue weighted by atomic mass is 16.5. The third-order valence-electron chi connectivity index (χ3n) is 2.71. The zero-order valence-electron chi connectivity index (χ0n) is 11.4. The predicted octanol–water partition coefficient (Wildman–Crippen LogP) is 2.44. The van der Waals surface area contributed by atoms with Crippen molar-refractivity contribution in [1.82, 2.24) is 0 Å². The zero-order valence-corrected chi connectivity index (χ0v) is 11.4. The van der Waals surface area contributed by atoms with E-state index in [0.29, 0.717) is 13.2 Å². The van der Waals surface area contributed by atoms with Crippen LogP contribution in [0.5, 0.6) is 0 Å². The molecule has 0 saturated carbocycles. The number of esters is 1. The largest absolute Gasteiger partial charge is 0.469 e. The molecule has 0 amide bonds.